The molecule has 26 heavy (non-hydrogen) atoms. The van der Waals surface area contributed by atoms with Gasteiger partial charge in [0.2, 0.25) is 5.91 Å². The molecule has 3 rings (SSSR count). The SMILES string of the molecule is Cc1ccccc1-n1nc(C)c(CN(C)C(=O)CNCC2CC2)c1C.Cl. The second kappa shape index (κ2) is 8.69. The molecule has 1 heterocycles. The van der Waals surface area contributed by atoms with Crippen molar-refractivity contribution in [3.63, 3.8) is 0 Å². The Bertz CT molecular complexity index is 767. The summed E-state index contributed by atoms with van der Waals surface area (Å²) in [6.07, 6.45) is 2.60. The number of rotatable bonds is 7. The Kier molecular flexibility index (Phi) is 6.84. The van der Waals surface area contributed by atoms with Gasteiger partial charge in [-0.25, -0.2) is 4.68 Å². The summed E-state index contributed by atoms with van der Waals surface area (Å²) >= 11 is 0. The highest BCUT2D eigenvalue weighted by atomic mass is 35.5. The predicted molar refractivity (Wildman–Crippen MR) is 107 cm³/mol. The summed E-state index contributed by atoms with van der Waals surface area (Å²) in [5.74, 6) is 0.915. The zero-order valence-electron chi connectivity index (χ0n) is 16.1. The second-order valence-electron chi connectivity index (χ2n) is 7.17. The number of aromatic nitrogens is 2. The fourth-order valence-electron chi connectivity index (χ4n) is 3.10. The molecule has 0 aliphatic heterocycles. The lowest BCUT2D eigenvalue weighted by atomic mass is 10.1. The summed E-state index contributed by atoms with van der Waals surface area (Å²) in [6, 6.07) is 8.23. The fourth-order valence-corrected chi connectivity index (χ4v) is 3.10. The first kappa shape index (κ1) is 20.5. The number of carbonyl (C=O) groups excluding carboxylic acids is 1. The van der Waals surface area contributed by atoms with E-state index < -0.39 is 0 Å². The summed E-state index contributed by atoms with van der Waals surface area (Å²) in [4.78, 5) is 14.1. The van der Waals surface area contributed by atoms with Crippen LogP contribution in [0.3, 0.4) is 0 Å². The number of carbonyl (C=O) groups is 1. The molecule has 2 aromatic rings. The van der Waals surface area contributed by atoms with Crippen molar-refractivity contribution in [2.75, 3.05) is 20.1 Å². The second-order valence-corrected chi connectivity index (χ2v) is 7.17. The van der Waals surface area contributed by atoms with Crippen LogP contribution in [0.25, 0.3) is 5.69 Å². The van der Waals surface area contributed by atoms with Crippen molar-refractivity contribution in [1.82, 2.24) is 20.0 Å². The highest BCUT2D eigenvalue weighted by Gasteiger charge is 2.21. The summed E-state index contributed by atoms with van der Waals surface area (Å²) in [7, 11) is 1.87. The van der Waals surface area contributed by atoms with Crippen molar-refractivity contribution < 1.29 is 4.79 Å². The maximum absolute atomic E-state index is 12.3. The van der Waals surface area contributed by atoms with Crippen LogP contribution < -0.4 is 5.32 Å². The Morgan fingerprint density at radius 1 is 1.27 bits per heavy atom. The fraction of sp³-hybridized carbons (Fsp3) is 0.500. The van der Waals surface area contributed by atoms with Crippen molar-refractivity contribution in [1.29, 1.82) is 0 Å². The number of hydrogen-bond acceptors (Lipinski definition) is 3. The lowest BCUT2D eigenvalue weighted by Gasteiger charge is -2.18. The summed E-state index contributed by atoms with van der Waals surface area (Å²) in [5, 5.41) is 7.98. The van der Waals surface area contributed by atoms with Gasteiger partial charge in [0.05, 0.1) is 17.9 Å². The average Bonchev–Trinajstić information content (AvgIpc) is 3.37. The Hall–Kier alpha value is -1.85. The zero-order chi connectivity index (χ0) is 18.0. The number of halogens is 1. The number of benzene rings is 1. The van der Waals surface area contributed by atoms with Gasteiger partial charge in [-0.1, -0.05) is 18.2 Å². The van der Waals surface area contributed by atoms with Gasteiger partial charge in [-0.15, -0.1) is 12.4 Å². The zero-order valence-corrected chi connectivity index (χ0v) is 16.9. The monoisotopic (exact) mass is 376 g/mol. The number of amides is 1. The average molecular weight is 377 g/mol. The van der Waals surface area contributed by atoms with Crippen molar-refractivity contribution >= 4 is 18.3 Å². The number of hydrogen-bond donors (Lipinski definition) is 1. The van der Waals surface area contributed by atoms with E-state index in [0.29, 0.717) is 13.1 Å². The van der Waals surface area contributed by atoms with E-state index in [0.717, 1.165) is 35.1 Å². The van der Waals surface area contributed by atoms with Crippen LogP contribution >= 0.6 is 12.4 Å². The smallest absolute Gasteiger partial charge is 0.236 e. The molecule has 1 aliphatic carbocycles. The first-order valence-corrected chi connectivity index (χ1v) is 9.03. The van der Waals surface area contributed by atoms with Gasteiger partial charge in [-0.2, -0.15) is 5.10 Å². The Morgan fingerprint density at radius 3 is 2.62 bits per heavy atom. The van der Waals surface area contributed by atoms with Crippen LogP contribution in [0.1, 0.15) is 35.4 Å². The van der Waals surface area contributed by atoms with Gasteiger partial charge in [0.15, 0.2) is 0 Å². The van der Waals surface area contributed by atoms with Gasteiger partial charge in [-0.05, 0) is 57.7 Å². The van der Waals surface area contributed by atoms with Crippen molar-refractivity contribution in [3.05, 3.63) is 46.8 Å². The molecule has 1 N–H and O–H groups in total. The molecule has 1 fully saturated rings. The standard InChI is InChI=1S/C20H28N4O.ClH/c1-14-7-5-6-8-19(14)24-16(3)18(15(2)22-24)13-23(4)20(25)12-21-11-17-9-10-17;/h5-8,17,21H,9-13H2,1-4H3;1H. The number of aryl methyl sites for hydroxylation is 2. The van der Waals surface area contributed by atoms with E-state index in [-0.39, 0.29) is 18.3 Å². The van der Waals surface area contributed by atoms with Gasteiger partial charge in [0.25, 0.3) is 0 Å². The maximum Gasteiger partial charge on any atom is 0.236 e. The van der Waals surface area contributed by atoms with E-state index in [9.17, 15) is 4.79 Å². The highest BCUT2D eigenvalue weighted by Crippen LogP contribution is 2.27. The Morgan fingerprint density at radius 2 is 1.96 bits per heavy atom. The van der Waals surface area contributed by atoms with Gasteiger partial charge in [0, 0.05) is 24.8 Å². The van der Waals surface area contributed by atoms with E-state index in [1.54, 1.807) is 4.90 Å². The summed E-state index contributed by atoms with van der Waals surface area (Å²) in [5.41, 5.74) is 5.48. The predicted octanol–water partition coefficient (Wildman–Crippen LogP) is 3.18. The summed E-state index contributed by atoms with van der Waals surface area (Å²) in [6.45, 7) is 8.15. The van der Waals surface area contributed by atoms with Crippen molar-refractivity contribution in [3.8, 4) is 5.69 Å². The number of nitrogens with one attached hydrogen (secondary N) is 1. The van der Waals surface area contributed by atoms with Crippen LogP contribution in [0.15, 0.2) is 24.3 Å². The molecule has 1 aromatic heterocycles. The van der Waals surface area contributed by atoms with Gasteiger partial charge in [0.1, 0.15) is 0 Å². The van der Waals surface area contributed by atoms with Gasteiger partial charge >= 0.3 is 0 Å². The molecular weight excluding hydrogens is 348 g/mol. The number of para-hydroxylation sites is 1. The molecule has 1 amide bonds. The van der Waals surface area contributed by atoms with Crippen molar-refractivity contribution in [2.24, 2.45) is 5.92 Å². The minimum atomic E-state index is 0. The minimum absolute atomic E-state index is 0. The van der Waals surface area contributed by atoms with E-state index in [4.69, 9.17) is 5.10 Å². The first-order chi connectivity index (χ1) is 12.0. The molecule has 5 nitrogen and oxygen atoms in total. The van der Waals surface area contributed by atoms with E-state index in [1.807, 2.05) is 30.8 Å². The highest BCUT2D eigenvalue weighted by molar-refractivity contribution is 5.85. The number of likely N-dealkylation sites (N-methyl/N-ethyl adjacent to an activating group) is 1. The van der Waals surface area contributed by atoms with Crippen LogP contribution in [0.2, 0.25) is 0 Å². The first-order valence-electron chi connectivity index (χ1n) is 9.03. The molecule has 142 valence electrons. The molecule has 0 saturated heterocycles. The van der Waals surface area contributed by atoms with Crippen LogP contribution in [0.4, 0.5) is 0 Å². The molecule has 1 aliphatic rings. The molecular formula is C20H29ClN4O. The van der Waals surface area contributed by atoms with E-state index in [2.05, 4.69) is 31.3 Å². The van der Waals surface area contributed by atoms with Gasteiger partial charge < -0.3 is 10.2 Å². The molecule has 1 aromatic carbocycles. The quantitative estimate of drug-likeness (QED) is 0.807. The lowest BCUT2D eigenvalue weighted by Crippen LogP contribution is -2.36. The van der Waals surface area contributed by atoms with Gasteiger partial charge in [-0.3, -0.25) is 4.79 Å². The number of nitrogens with zero attached hydrogens (tertiary/aromatic N) is 3. The van der Waals surface area contributed by atoms with E-state index in [1.165, 1.54) is 18.4 Å². The third-order valence-electron chi connectivity index (χ3n) is 5.01. The minimum Gasteiger partial charge on any atom is -0.340 e. The molecule has 6 heteroatoms. The Balaban J connectivity index is 0.00000243. The van der Waals surface area contributed by atoms with Crippen LogP contribution in [0.5, 0.6) is 0 Å². The topological polar surface area (TPSA) is 50.2 Å². The third kappa shape index (κ3) is 4.65. The van der Waals surface area contributed by atoms with Crippen LogP contribution in [0, 0.1) is 26.7 Å². The Labute approximate surface area is 162 Å². The molecule has 0 bridgehead atoms. The third-order valence-corrected chi connectivity index (χ3v) is 5.01. The van der Waals surface area contributed by atoms with Crippen molar-refractivity contribution in [2.45, 2.75) is 40.2 Å². The van der Waals surface area contributed by atoms with E-state index >= 15 is 0 Å². The molecule has 0 unspecified atom stereocenters. The molecule has 1 saturated carbocycles. The summed E-state index contributed by atoms with van der Waals surface area (Å²) < 4.78 is 1.99. The largest absolute Gasteiger partial charge is 0.340 e. The molecule has 0 spiro atoms. The molecule has 0 radical (unpaired) electrons. The lowest BCUT2D eigenvalue weighted by molar-refractivity contribution is -0.129. The maximum atomic E-state index is 12.3. The van der Waals surface area contributed by atoms with Crippen LogP contribution in [-0.2, 0) is 11.3 Å². The normalized spacial score (nSPS) is 13.4. The van der Waals surface area contributed by atoms with Crippen LogP contribution in [-0.4, -0.2) is 40.7 Å². The molecule has 0 atom stereocenters.